The number of hydrogen-bond acceptors (Lipinski definition) is 7. The number of nitrogens with one attached hydrogen (secondary N) is 2. The summed E-state index contributed by atoms with van der Waals surface area (Å²) in [5.41, 5.74) is 5.38. The van der Waals surface area contributed by atoms with E-state index in [2.05, 4.69) is 10.6 Å². The fraction of sp³-hybridized carbons (Fsp3) is 0.857. The third-order valence-electron chi connectivity index (χ3n) is 3.71. The summed E-state index contributed by atoms with van der Waals surface area (Å²) < 4.78 is 5.40. The van der Waals surface area contributed by atoms with Crippen molar-refractivity contribution in [3.63, 3.8) is 0 Å². The molecule has 0 aromatic carbocycles. The van der Waals surface area contributed by atoms with E-state index in [1.165, 1.54) is 6.92 Å². The first kappa shape index (κ1) is 19.8. The molecule has 1 fully saturated rings. The fourth-order valence-corrected chi connectivity index (χ4v) is 2.47. The first-order valence-corrected chi connectivity index (χ1v) is 7.79. The van der Waals surface area contributed by atoms with Crippen LogP contribution in [-0.4, -0.2) is 70.9 Å². The Balaban J connectivity index is 2.65. The second-order valence-corrected chi connectivity index (χ2v) is 5.65. The number of nitrogens with two attached hydrogens (primary N) is 1. The molecule has 0 aromatic heterocycles. The summed E-state index contributed by atoms with van der Waals surface area (Å²) in [7, 11) is 0. The van der Waals surface area contributed by atoms with Crippen LogP contribution in [0.5, 0.6) is 0 Å². The van der Waals surface area contributed by atoms with Crippen LogP contribution in [0.25, 0.3) is 0 Å². The van der Waals surface area contributed by atoms with Crippen molar-refractivity contribution < 1.29 is 29.6 Å². The lowest BCUT2D eigenvalue weighted by Gasteiger charge is -2.42. The topological polar surface area (TPSA) is 154 Å². The molecule has 0 saturated carbocycles. The van der Waals surface area contributed by atoms with E-state index in [9.17, 15) is 24.9 Å². The van der Waals surface area contributed by atoms with Crippen LogP contribution in [0.3, 0.4) is 0 Å². The Morgan fingerprint density at radius 1 is 1.13 bits per heavy atom. The first-order valence-electron chi connectivity index (χ1n) is 7.79. The van der Waals surface area contributed by atoms with Crippen molar-refractivity contribution in [1.82, 2.24) is 10.6 Å². The molecule has 0 aromatic rings. The van der Waals surface area contributed by atoms with Crippen molar-refractivity contribution in [2.45, 2.75) is 63.2 Å². The Bertz CT molecular complexity index is 395. The molecule has 1 aliphatic rings. The van der Waals surface area contributed by atoms with Gasteiger partial charge in [-0.15, -0.1) is 0 Å². The highest BCUT2D eigenvalue weighted by Crippen LogP contribution is 2.20. The number of aliphatic hydroxyl groups excluding tert-OH is 3. The fourth-order valence-electron chi connectivity index (χ4n) is 2.47. The zero-order valence-electron chi connectivity index (χ0n) is 13.3. The third kappa shape index (κ3) is 6.04. The first-order chi connectivity index (χ1) is 10.9. The minimum Gasteiger partial charge on any atom is -0.394 e. The third-order valence-corrected chi connectivity index (χ3v) is 3.71. The standard InChI is InChI=1S/C14H27N3O6/c1-8(19)16-11-13(22)12(21)9(7-18)23-14(11)17-10(20)5-3-2-4-6-15/h9,11-14,18,21-22H,2-7,15H2,1H3,(H,16,19)(H,17,20)/t9-,11+,12+,13+,14-/m1/s1. The van der Waals surface area contributed by atoms with E-state index in [0.29, 0.717) is 13.0 Å². The monoisotopic (exact) mass is 333 g/mol. The Kier molecular flexibility index (Phi) is 8.42. The van der Waals surface area contributed by atoms with E-state index in [-0.39, 0.29) is 12.3 Å². The normalized spacial score (nSPS) is 30.7. The predicted molar refractivity (Wildman–Crippen MR) is 81.0 cm³/mol. The van der Waals surface area contributed by atoms with Crippen LogP contribution in [0.2, 0.25) is 0 Å². The number of ether oxygens (including phenoxy) is 1. The van der Waals surface area contributed by atoms with Gasteiger partial charge >= 0.3 is 0 Å². The molecule has 1 heterocycles. The molecule has 9 heteroatoms. The molecular weight excluding hydrogens is 306 g/mol. The molecule has 1 saturated heterocycles. The molecule has 23 heavy (non-hydrogen) atoms. The number of amides is 2. The molecule has 7 N–H and O–H groups in total. The van der Waals surface area contributed by atoms with Crippen molar-refractivity contribution in [2.75, 3.05) is 13.2 Å². The average Bonchev–Trinajstić information content (AvgIpc) is 2.50. The van der Waals surface area contributed by atoms with Crippen LogP contribution < -0.4 is 16.4 Å². The highest BCUT2D eigenvalue weighted by molar-refractivity contribution is 5.76. The second kappa shape index (κ2) is 9.78. The molecule has 0 bridgehead atoms. The van der Waals surface area contributed by atoms with Gasteiger partial charge in [-0.25, -0.2) is 0 Å². The van der Waals surface area contributed by atoms with E-state index in [1.54, 1.807) is 0 Å². The lowest BCUT2D eigenvalue weighted by Crippen LogP contribution is -2.68. The van der Waals surface area contributed by atoms with Gasteiger partial charge in [0, 0.05) is 13.3 Å². The van der Waals surface area contributed by atoms with Crippen LogP contribution in [0.1, 0.15) is 32.6 Å². The van der Waals surface area contributed by atoms with Crippen LogP contribution in [0, 0.1) is 0 Å². The van der Waals surface area contributed by atoms with Gasteiger partial charge in [-0.2, -0.15) is 0 Å². The molecule has 134 valence electrons. The van der Waals surface area contributed by atoms with E-state index in [1.807, 2.05) is 0 Å². The van der Waals surface area contributed by atoms with Gasteiger partial charge in [0.25, 0.3) is 0 Å². The van der Waals surface area contributed by atoms with Gasteiger partial charge in [0.2, 0.25) is 11.8 Å². The van der Waals surface area contributed by atoms with E-state index in [0.717, 1.165) is 12.8 Å². The molecule has 0 unspecified atom stereocenters. The minimum absolute atomic E-state index is 0.259. The second-order valence-electron chi connectivity index (χ2n) is 5.65. The van der Waals surface area contributed by atoms with Gasteiger partial charge in [-0.3, -0.25) is 9.59 Å². The zero-order chi connectivity index (χ0) is 17.4. The SMILES string of the molecule is CC(=O)N[C@H]1[C@H](O)[C@@H](O)[C@@H](CO)O[C@H]1NC(=O)CCCCCN. The van der Waals surface area contributed by atoms with E-state index in [4.69, 9.17) is 10.5 Å². The van der Waals surface area contributed by atoms with E-state index >= 15 is 0 Å². The van der Waals surface area contributed by atoms with E-state index < -0.39 is 43.1 Å². The highest BCUT2D eigenvalue weighted by atomic mass is 16.5. The summed E-state index contributed by atoms with van der Waals surface area (Å²) in [6.07, 6.45) is -2.23. The number of unbranched alkanes of at least 4 members (excludes halogenated alkanes) is 2. The van der Waals surface area contributed by atoms with Crippen molar-refractivity contribution >= 4 is 11.8 Å². The average molecular weight is 333 g/mol. The van der Waals surface area contributed by atoms with Gasteiger partial charge in [-0.05, 0) is 19.4 Å². The molecule has 0 spiro atoms. The Morgan fingerprint density at radius 2 is 1.83 bits per heavy atom. The minimum atomic E-state index is -1.37. The molecular formula is C14H27N3O6. The van der Waals surface area contributed by atoms with Crippen LogP contribution in [0.4, 0.5) is 0 Å². The van der Waals surface area contributed by atoms with Gasteiger partial charge in [0.05, 0.1) is 6.61 Å². The summed E-state index contributed by atoms with van der Waals surface area (Å²) in [5.74, 6) is -0.739. The van der Waals surface area contributed by atoms with Gasteiger partial charge in [0.1, 0.15) is 24.4 Å². The van der Waals surface area contributed by atoms with Crippen molar-refractivity contribution in [3.05, 3.63) is 0 Å². The van der Waals surface area contributed by atoms with Crippen molar-refractivity contribution in [1.29, 1.82) is 0 Å². The lowest BCUT2D eigenvalue weighted by molar-refractivity contribution is -0.203. The molecule has 0 aliphatic carbocycles. The summed E-state index contributed by atoms with van der Waals surface area (Å²) in [6, 6.07) is -1.00. The summed E-state index contributed by atoms with van der Waals surface area (Å²) in [6.45, 7) is 1.30. The summed E-state index contributed by atoms with van der Waals surface area (Å²) in [5, 5.41) is 34.2. The largest absolute Gasteiger partial charge is 0.394 e. The molecule has 1 rings (SSSR count). The zero-order valence-corrected chi connectivity index (χ0v) is 13.3. The number of aliphatic hydroxyl groups is 3. The highest BCUT2D eigenvalue weighted by Gasteiger charge is 2.45. The number of carbonyl (C=O) groups excluding carboxylic acids is 2. The van der Waals surface area contributed by atoms with Crippen LogP contribution >= 0.6 is 0 Å². The maximum absolute atomic E-state index is 11.9. The maximum atomic E-state index is 11.9. The Hall–Kier alpha value is -1.26. The quantitative estimate of drug-likeness (QED) is 0.270. The Morgan fingerprint density at radius 3 is 2.39 bits per heavy atom. The lowest BCUT2D eigenvalue weighted by atomic mass is 9.95. The number of hydrogen-bond donors (Lipinski definition) is 6. The maximum Gasteiger partial charge on any atom is 0.222 e. The summed E-state index contributed by atoms with van der Waals surface area (Å²) >= 11 is 0. The number of carbonyl (C=O) groups is 2. The van der Waals surface area contributed by atoms with Gasteiger partial charge < -0.3 is 36.4 Å². The van der Waals surface area contributed by atoms with Gasteiger partial charge in [0.15, 0.2) is 6.23 Å². The molecule has 2 amide bonds. The molecule has 5 atom stereocenters. The molecule has 9 nitrogen and oxygen atoms in total. The molecule has 1 aliphatic heterocycles. The molecule has 0 radical (unpaired) electrons. The number of rotatable bonds is 8. The van der Waals surface area contributed by atoms with Crippen molar-refractivity contribution in [3.8, 4) is 0 Å². The predicted octanol–water partition coefficient (Wildman–Crippen LogP) is -2.43. The van der Waals surface area contributed by atoms with Gasteiger partial charge in [-0.1, -0.05) is 6.42 Å². The van der Waals surface area contributed by atoms with Crippen molar-refractivity contribution in [2.24, 2.45) is 5.73 Å². The smallest absolute Gasteiger partial charge is 0.222 e. The Labute approximate surface area is 135 Å². The van der Waals surface area contributed by atoms with Crippen LogP contribution in [-0.2, 0) is 14.3 Å². The summed E-state index contributed by atoms with van der Waals surface area (Å²) in [4.78, 5) is 23.2. The van der Waals surface area contributed by atoms with Crippen LogP contribution in [0.15, 0.2) is 0 Å².